The highest BCUT2D eigenvalue weighted by Gasteiger charge is 2.22. The summed E-state index contributed by atoms with van der Waals surface area (Å²) in [7, 11) is 1.81. The minimum Gasteiger partial charge on any atom is -0.310 e. The Morgan fingerprint density at radius 3 is 2.65 bits per heavy atom. The molecule has 0 saturated carbocycles. The quantitative estimate of drug-likeness (QED) is 0.597. The molecule has 3 rings (SSSR count). The topological polar surface area (TPSA) is 20.3 Å². The molecule has 0 bridgehead atoms. The SMILES string of the molecule is CCc1ccc(C)c(N(C)C(=O)c2sc3ccccc3c2Cl)c1. The van der Waals surface area contributed by atoms with Crippen LogP contribution in [0.2, 0.25) is 5.02 Å². The van der Waals surface area contributed by atoms with Crippen molar-refractivity contribution in [1.82, 2.24) is 0 Å². The van der Waals surface area contributed by atoms with Crippen molar-refractivity contribution in [2.24, 2.45) is 0 Å². The highest BCUT2D eigenvalue weighted by atomic mass is 35.5. The second-order valence-corrected chi connectivity index (χ2v) is 7.01. The van der Waals surface area contributed by atoms with Crippen LogP contribution >= 0.6 is 22.9 Å². The number of nitrogens with zero attached hydrogens (tertiary/aromatic N) is 1. The molecule has 0 aliphatic rings. The average molecular weight is 344 g/mol. The van der Waals surface area contributed by atoms with Gasteiger partial charge in [0.25, 0.3) is 5.91 Å². The van der Waals surface area contributed by atoms with Gasteiger partial charge in [0.2, 0.25) is 0 Å². The van der Waals surface area contributed by atoms with Gasteiger partial charge in [-0.15, -0.1) is 11.3 Å². The summed E-state index contributed by atoms with van der Waals surface area (Å²) in [5.41, 5.74) is 3.23. The second-order valence-electron chi connectivity index (χ2n) is 5.58. The van der Waals surface area contributed by atoms with Crippen LogP contribution in [-0.4, -0.2) is 13.0 Å². The minimum absolute atomic E-state index is 0.0625. The van der Waals surface area contributed by atoms with Crippen molar-refractivity contribution in [3.63, 3.8) is 0 Å². The Morgan fingerprint density at radius 1 is 1.22 bits per heavy atom. The van der Waals surface area contributed by atoms with E-state index in [4.69, 9.17) is 11.6 Å². The minimum atomic E-state index is -0.0625. The van der Waals surface area contributed by atoms with E-state index < -0.39 is 0 Å². The van der Waals surface area contributed by atoms with Gasteiger partial charge in [0.15, 0.2) is 0 Å². The van der Waals surface area contributed by atoms with Gasteiger partial charge >= 0.3 is 0 Å². The number of hydrogen-bond donors (Lipinski definition) is 0. The highest BCUT2D eigenvalue weighted by Crippen LogP contribution is 2.36. The van der Waals surface area contributed by atoms with E-state index >= 15 is 0 Å². The average Bonchev–Trinajstić information content (AvgIpc) is 2.91. The zero-order valence-electron chi connectivity index (χ0n) is 13.4. The molecule has 0 aliphatic carbocycles. The number of hydrogen-bond acceptors (Lipinski definition) is 2. The molecule has 0 N–H and O–H groups in total. The zero-order valence-corrected chi connectivity index (χ0v) is 15.0. The van der Waals surface area contributed by atoms with Crippen LogP contribution in [0.1, 0.15) is 27.7 Å². The number of thiophene rings is 1. The van der Waals surface area contributed by atoms with Crippen LogP contribution in [0.4, 0.5) is 5.69 Å². The summed E-state index contributed by atoms with van der Waals surface area (Å²) in [6.45, 7) is 4.13. The van der Waals surface area contributed by atoms with E-state index in [1.165, 1.54) is 16.9 Å². The molecule has 23 heavy (non-hydrogen) atoms. The molecule has 0 unspecified atom stereocenters. The maximum absolute atomic E-state index is 12.9. The van der Waals surface area contributed by atoms with Crippen molar-refractivity contribution in [3.8, 4) is 0 Å². The van der Waals surface area contributed by atoms with E-state index in [1.54, 1.807) is 4.90 Å². The molecule has 2 nitrogen and oxygen atoms in total. The first-order chi connectivity index (χ1) is 11.0. The first kappa shape index (κ1) is 16.0. The van der Waals surface area contributed by atoms with Crippen molar-refractivity contribution in [3.05, 3.63) is 63.5 Å². The monoisotopic (exact) mass is 343 g/mol. The number of aryl methyl sites for hydroxylation is 2. The van der Waals surface area contributed by atoms with Gasteiger partial charge in [-0.2, -0.15) is 0 Å². The zero-order chi connectivity index (χ0) is 16.6. The lowest BCUT2D eigenvalue weighted by Gasteiger charge is -2.20. The Morgan fingerprint density at radius 2 is 1.96 bits per heavy atom. The van der Waals surface area contributed by atoms with Gasteiger partial charge in [-0.1, -0.05) is 48.9 Å². The van der Waals surface area contributed by atoms with Gasteiger partial charge in [0, 0.05) is 22.8 Å². The Labute approximate surface area is 145 Å². The van der Waals surface area contributed by atoms with Gasteiger partial charge in [0.05, 0.1) is 5.02 Å². The molecule has 0 radical (unpaired) electrons. The Hall–Kier alpha value is -1.84. The summed E-state index contributed by atoms with van der Waals surface area (Å²) in [6, 6.07) is 14.1. The van der Waals surface area contributed by atoms with Gasteiger partial charge in [-0.3, -0.25) is 4.79 Å². The lowest BCUT2D eigenvalue weighted by Crippen LogP contribution is -2.26. The molecule has 0 aliphatic heterocycles. The molecular formula is C19H18ClNOS. The van der Waals surface area contributed by atoms with E-state index in [-0.39, 0.29) is 5.91 Å². The third-order valence-corrected chi connectivity index (χ3v) is 5.74. The number of fused-ring (bicyclic) bond motifs is 1. The van der Waals surface area contributed by atoms with Crippen molar-refractivity contribution in [2.75, 3.05) is 11.9 Å². The summed E-state index contributed by atoms with van der Waals surface area (Å²) in [5, 5.41) is 1.49. The summed E-state index contributed by atoms with van der Waals surface area (Å²) in [5.74, 6) is -0.0625. The van der Waals surface area contributed by atoms with Crippen LogP contribution in [-0.2, 0) is 6.42 Å². The smallest absolute Gasteiger partial charge is 0.269 e. The first-order valence-electron chi connectivity index (χ1n) is 7.57. The van der Waals surface area contributed by atoms with Crippen LogP contribution in [0.25, 0.3) is 10.1 Å². The molecule has 1 amide bonds. The molecule has 0 fully saturated rings. The maximum atomic E-state index is 12.9. The van der Waals surface area contributed by atoms with E-state index in [0.29, 0.717) is 9.90 Å². The van der Waals surface area contributed by atoms with Crippen LogP contribution in [0.15, 0.2) is 42.5 Å². The molecule has 118 valence electrons. The second kappa shape index (κ2) is 6.34. The van der Waals surface area contributed by atoms with Gasteiger partial charge in [-0.05, 0) is 36.6 Å². The maximum Gasteiger partial charge on any atom is 0.269 e. The number of halogens is 1. The fourth-order valence-corrected chi connectivity index (χ4v) is 4.14. The number of carbonyl (C=O) groups excluding carboxylic acids is 1. The molecule has 1 heterocycles. The van der Waals surface area contributed by atoms with Gasteiger partial charge in [-0.25, -0.2) is 0 Å². The summed E-state index contributed by atoms with van der Waals surface area (Å²) in [4.78, 5) is 15.2. The number of amides is 1. The van der Waals surface area contributed by atoms with Crippen LogP contribution < -0.4 is 4.90 Å². The third kappa shape index (κ3) is 2.87. The predicted octanol–water partition coefficient (Wildman–Crippen LogP) is 5.70. The first-order valence-corrected chi connectivity index (χ1v) is 8.77. The molecular weight excluding hydrogens is 326 g/mol. The summed E-state index contributed by atoms with van der Waals surface area (Å²) < 4.78 is 1.04. The molecule has 0 atom stereocenters. The largest absolute Gasteiger partial charge is 0.310 e. The fraction of sp³-hybridized carbons (Fsp3) is 0.211. The van der Waals surface area contributed by atoms with Crippen molar-refractivity contribution in [1.29, 1.82) is 0 Å². The molecule has 0 saturated heterocycles. The number of anilines is 1. The standard InChI is InChI=1S/C19H18ClNOS/c1-4-13-10-9-12(2)15(11-13)21(3)19(22)18-17(20)14-7-5-6-8-16(14)23-18/h5-11H,4H2,1-3H3. The number of carbonyl (C=O) groups is 1. The van der Waals surface area contributed by atoms with Crippen LogP contribution in [0, 0.1) is 6.92 Å². The number of rotatable bonds is 3. The summed E-state index contributed by atoms with van der Waals surface area (Å²) >= 11 is 7.89. The normalized spacial score (nSPS) is 11.0. The van der Waals surface area contributed by atoms with E-state index in [1.807, 2.05) is 38.2 Å². The molecule has 4 heteroatoms. The highest BCUT2D eigenvalue weighted by molar-refractivity contribution is 7.21. The Kier molecular flexibility index (Phi) is 4.42. The molecule has 1 aromatic heterocycles. The van der Waals surface area contributed by atoms with Gasteiger partial charge in [0.1, 0.15) is 4.88 Å². The van der Waals surface area contributed by atoms with Crippen LogP contribution in [0.5, 0.6) is 0 Å². The van der Waals surface area contributed by atoms with Crippen molar-refractivity contribution < 1.29 is 4.79 Å². The predicted molar refractivity (Wildman–Crippen MR) is 100 cm³/mol. The van der Waals surface area contributed by atoms with E-state index in [2.05, 4.69) is 25.1 Å². The van der Waals surface area contributed by atoms with Crippen LogP contribution in [0.3, 0.4) is 0 Å². The van der Waals surface area contributed by atoms with Crippen molar-refractivity contribution >= 4 is 44.6 Å². The molecule has 2 aromatic carbocycles. The molecule has 0 spiro atoms. The third-order valence-electron chi connectivity index (χ3n) is 4.08. The Balaban J connectivity index is 2.03. The van der Waals surface area contributed by atoms with E-state index in [0.717, 1.165) is 27.8 Å². The lowest BCUT2D eigenvalue weighted by atomic mass is 10.1. The summed E-state index contributed by atoms with van der Waals surface area (Å²) in [6.07, 6.45) is 0.943. The van der Waals surface area contributed by atoms with Crippen molar-refractivity contribution in [2.45, 2.75) is 20.3 Å². The number of benzene rings is 2. The lowest BCUT2D eigenvalue weighted by molar-refractivity contribution is 0.0997. The Bertz CT molecular complexity index is 884. The fourth-order valence-electron chi connectivity index (χ4n) is 2.65. The van der Waals surface area contributed by atoms with Gasteiger partial charge < -0.3 is 4.90 Å². The molecule has 3 aromatic rings. The van der Waals surface area contributed by atoms with E-state index in [9.17, 15) is 4.79 Å².